The molecule has 0 aromatic carbocycles. The molecule has 0 saturated heterocycles. The van der Waals surface area contributed by atoms with Crippen LogP contribution in [0.25, 0.3) is 0 Å². The van der Waals surface area contributed by atoms with Gasteiger partial charge >= 0.3 is 6.01 Å². The summed E-state index contributed by atoms with van der Waals surface area (Å²) in [5.41, 5.74) is 0. The van der Waals surface area contributed by atoms with Crippen molar-refractivity contribution in [3.05, 3.63) is 5.89 Å². The number of rotatable bonds is 7. The maximum absolute atomic E-state index is 8.82. The third kappa shape index (κ3) is 3.64. The molecule has 1 heterocycles. The zero-order valence-electron chi connectivity index (χ0n) is 9.69. The van der Waals surface area contributed by atoms with Crippen LogP contribution in [-0.2, 0) is 6.42 Å². The van der Waals surface area contributed by atoms with Crippen LogP contribution in [0.3, 0.4) is 0 Å². The van der Waals surface area contributed by atoms with Crippen LogP contribution in [-0.4, -0.2) is 40.4 Å². The Labute approximate surface area is 100 Å². The minimum Gasteiger partial charge on any atom is -0.408 e. The maximum atomic E-state index is 8.82. The molecule has 0 radical (unpaired) electrons. The number of aromatic nitrogens is 2. The molecule has 1 N–H and O–H groups in total. The molecule has 1 aromatic heterocycles. The lowest BCUT2D eigenvalue weighted by molar-refractivity contribution is 0.287. The molecule has 6 heteroatoms. The summed E-state index contributed by atoms with van der Waals surface area (Å²) >= 11 is 5.60. The molecule has 92 valence electrons. The van der Waals surface area contributed by atoms with E-state index in [0.29, 0.717) is 37.2 Å². The van der Waals surface area contributed by atoms with E-state index in [0.717, 1.165) is 0 Å². The van der Waals surface area contributed by atoms with E-state index in [1.165, 1.54) is 0 Å². The highest BCUT2D eigenvalue weighted by Gasteiger charge is 2.16. The van der Waals surface area contributed by atoms with Crippen LogP contribution in [0.2, 0.25) is 0 Å². The van der Waals surface area contributed by atoms with E-state index in [2.05, 4.69) is 10.2 Å². The summed E-state index contributed by atoms with van der Waals surface area (Å²) in [6.45, 7) is 4.95. The quantitative estimate of drug-likeness (QED) is 0.739. The largest absolute Gasteiger partial charge is 0.408 e. The third-order valence-corrected chi connectivity index (χ3v) is 2.38. The minimum absolute atomic E-state index is 0.159. The first-order chi connectivity index (χ1) is 7.69. The van der Waals surface area contributed by atoms with Gasteiger partial charge in [0.2, 0.25) is 5.89 Å². The zero-order valence-corrected chi connectivity index (χ0v) is 10.4. The topological polar surface area (TPSA) is 62.4 Å². The molecule has 0 saturated carbocycles. The van der Waals surface area contributed by atoms with Crippen LogP contribution in [0.4, 0.5) is 6.01 Å². The van der Waals surface area contributed by atoms with E-state index in [9.17, 15) is 0 Å². The molecular weight excluding hydrogens is 230 g/mol. The Balaban J connectivity index is 2.68. The van der Waals surface area contributed by atoms with Crippen LogP contribution in [0.5, 0.6) is 0 Å². The summed E-state index contributed by atoms with van der Waals surface area (Å²) in [5.74, 6) is 1.03. The molecule has 0 bridgehead atoms. The number of hydrogen-bond donors (Lipinski definition) is 1. The highest BCUT2D eigenvalue weighted by atomic mass is 35.5. The van der Waals surface area contributed by atoms with Crippen LogP contribution in [0.15, 0.2) is 4.42 Å². The summed E-state index contributed by atoms with van der Waals surface area (Å²) in [6.07, 6.45) is 1.27. The highest BCUT2D eigenvalue weighted by Crippen LogP contribution is 2.16. The van der Waals surface area contributed by atoms with E-state index in [4.69, 9.17) is 21.1 Å². The van der Waals surface area contributed by atoms with E-state index in [1.807, 2.05) is 18.7 Å². The van der Waals surface area contributed by atoms with Crippen LogP contribution in [0.1, 0.15) is 26.2 Å². The van der Waals surface area contributed by atoms with Gasteiger partial charge in [0.15, 0.2) is 0 Å². The Morgan fingerprint density at radius 2 is 2.19 bits per heavy atom. The van der Waals surface area contributed by atoms with Crippen LogP contribution in [0, 0.1) is 0 Å². The van der Waals surface area contributed by atoms with Crippen molar-refractivity contribution >= 4 is 17.6 Å². The van der Waals surface area contributed by atoms with Crippen molar-refractivity contribution in [2.75, 3.05) is 23.9 Å². The summed E-state index contributed by atoms with van der Waals surface area (Å²) in [6, 6.07) is 0.763. The first-order valence-corrected chi connectivity index (χ1v) is 5.98. The minimum atomic E-state index is 0.159. The van der Waals surface area contributed by atoms with Gasteiger partial charge in [0.1, 0.15) is 0 Å². The average molecular weight is 248 g/mol. The monoisotopic (exact) mass is 247 g/mol. The van der Waals surface area contributed by atoms with Crippen molar-refractivity contribution in [3.63, 3.8) is 0 Å². The molecule has 0 fully saturated rings. The fourth-order valence-corrected chi connectivity index (χ4v) is 1.52. The lowest BCUT2D eigenvalue weighted by Crippen LogP contribution is -2.32. The van der Waals surface area contributed by atoms with Crippen LogP contribution >= 0.6 is 11.6 Å². The zero-order chi connectivity index (χ0) is 12.0. The number of alkyl halides is 1. The Kier molecular flexibility index (Phi) is 5.55. The van der Waals surface area contributed by atoms with E-state index in [1.54, 1.807) is 0 Å². The standard InChI is InChI=1S/C10H18ClN3O2/c1-8(2)14(6-3-7-15)10-13-12-9(16-10)4-5-11/h8,15H,3-7H2,1-2H3. The summed E-state index contributed by atoms with van der Waals surface area (Å²) in [7, 11) is 0. The Bertz CT molecular complexity index is 304. The fraction of sp³-hybridized carbons (Fsp3) is 0.800. The number of nitrogens with zero attached hydrogens (tertiary/aromatic N) is 3. The molecule has 0 atom stereocenters. The number of aliphatic hydroxyl groups excluding tert-OH is 1. The highest BCUT2D eigenvalue weighted by molar-refractivity contribution is 6.17. The summed E-state index contributed by atoms with van der Waals surface area (Å²) < 4.78 is 5.48. The normalized spacial score (nSPS) is 11.1. The van der Waals surface area contributed by atoms with E-state index < -0.39 is 0 Å². The Hall–Kier alpha value is -0.810. The number of halogens is 1. The van der Waals surface area contributed by atoms with Crippen molar-refractivity contribution in [2.45, 2.75) is 32.7 Å². The molecule has 1 rings (SSSR count). The van der Waals surface area contributed by atoms with Crippen molar-refractivity contribution in [1.29, 1.82) is 0 Å². The van der Waals surface area contributed by atoms with Gasteiger partial charge in [0.25, 0.3) is 0 Å². The van der Waals surface area contributed by atoms with Gasteiger partial charge in [-0.1, -0.05) is 5.10 Å². The van der Waals surface area contributed by atoms with Crippen molar-refractivity contribution in [2.24, 2.45) is 0 Å². The molecular formula is C10H18ClN3O2. The van der Waals surface area contributed by atoms with Crippen molar-refractivity contribution < 1.29 is 9.52 Å². The summed E-state index contributed by atoms with van der Waals surface area (Å²) in [4.78, 5) is 1.97. The molecule has 5 nitrogen and oxygen atoms in total. The van der Waals surface area contributed by atoms with Gasteiger partial charge in [-0.3, -0.25) is 0 Å². The second-order valence-corrected chi connectivity index (χ2v) is 4.16. The molecule has 16 heavy (non-hydrogen) atoms. The van der Waals surface area contributed by atoms with Gasteiger partial charge < -0.3 is 14.4 Å². The van der Waals surface area contributed by atoms with Gasteiger partial charge in [0, 0.05) is 31.5 Å². The molecule has 0 spiro atoms. The molecule has 0 aliphatic heterocycles. The number of aryl methyl sites for hydroxylation is 1. The lowest BCUT2D eigenvalue weighted by atomic mass is 10.3. The molecule has 1 aromatic rings. The van der Waals surface area contributed by atoms with Crippen molar-refractivity contribution in [3.8, 4) is 0 Å². The van der Waals surface area contributed by atoms with Gasteiger partial charge in [-0.25, -0.2) is 0 Å². The maximum Gasteiger partial charge on any atom is 0.318 e. The summed E-state index contributed by atoms with van der Waals surface area (Å²) in [5, 5.41) is 16.7. The SMILES string of the molecule is CC(C)N(CCCO)c1nnc(CCCl)o1. The second-order valence-electron chi connectivity index (χ2n) is 3.78. The second kappa shape index (κ2) is 6.70. The smallest absolute Gasteiger partial charge is 0.318 e. The predicted octanol–water partition coefficient (Wildman–Crippen LogP) is 1.45. The third-order valence-electron chi connectivity index (χ3n) is 2.19. The molecule has 0 amide bonds. The fourth-order valence-electron chi connectivity index (χ4n) is 1.36. The Morgan fingerprint density at radius 1 is 1.44 bits per heavy atom. The number of aliphatic hydroxyl groups is 1. The van der Waals surface area contributed by atoms with Gasteiger partial charge in [-0.15, -0.1) is 16.7 Å². The van der Waals surface area contributed by atoms with E-state index >= 15 is 0 Å². The lowest BCUT2D eigenvalue weighted by Gasteiger charge is -2.23. The predicted molar refractivity (Wildman–Crippen MR) is 62.9 cm³/mol. The Morgan fingerprint density at radius 3 is 2.75 bits per heavy atom. The molecule has 0 unspecified atom stereocenters. The molecule has 0 aliphatic carbocycles. The number of anilines is 1. The van der Waals surface area contributed by atoms with E-state index in [-0.39, 0.29) is 12.6 Å². The van der Waals surface area contributed by atoms with Crippen molar-refractivity contribution in [1.82, 2.24) is 10.2 Å². The number of hydrogen-bond acceptors (Lipinski definition) is 5. The van der Waals surface area contributed by atoms with Gasteiger partial charge in [0.05, 0.1) is 0 Å². The molecule has 0 aliphatic rings. The first kappa shape index (κ1) is 13.3. The van der Waals surface area contributed by atoms with Gasteiger partial charge in [-0.05, 0) is 20.3 Å². The average Bonchev–Trinajstić information content (AvgIpc) is 2.67. The first-order valence-electron chi connectivity index (χ1n) is 5.45. The van der Waals surface area contributed by atoms with Crippen LogP contribution < -0.4 is 4.90 Å². The van der Waals surface area contributed by atoms with Gasteiger partial charge in [-0.2, -0.15) is 0 Å².